The van der Waals surface area contributed by atoms with E-state index in [4.69, 9.17) is 4.99 Å². The third kappa shape index (κ3) is 5.79. The third-order valence-corrected chi connectivity index (χ3v) is 5.71. The van der Waals surface area contributed by atoms with Crippen LogP contribution in [0.5, 0.6) is 0 Å². The first kappa shape index (κ1) is 22.4. The second kappa shape index (κ2) is 10.6. The lowest BCUT2D eigenvalue weighted by Gasteiger charge is -2.24. The lowest BCUT2D eigenvalue weighted by Crippen LogP contribution is -2.42. The maximum Gasteiger partial charge on any atom is 0.194 e. The molecule has 1 heterocycles. The fraction of sp³-hybridized carbons (Fsp3) is 0.667. The van der Waals surface area contributed by atoms with Gasteiger partial charge in [0.2, 0.25) is 0 Å². The summed E-state index contributed by atoms with van der Waals surface area (Å²) in [6.45, 7) is 12.9. The average molecular weight is 488 g/mol. The number of halogens is 2. The molecule has 1 N–H and O–H groups in total. The largest absolute Gasteiger partial charge is 0.353 e. The van der Waals surface area contributed by atoms with Crippen LogP contribution in [0.4, 0.5) is 4.39 Å². The highest BCUT2D eigenvalue weighted by Gasteiger charge is 2.41. The molecule has 3 unspecified atom stereocenters. The van der Waals surface area contributed by atoms with Crippen LogP contribution in [0, 0.1) is 11.7 Å². The zero-order valence-electron chi connectivity index (χ0n) is 16.8. The Morgan fingerprint density at radius 2 is 2.00 bits per heavy atom. The molecule has 0 bridgehead atoms. The van der Waals surface area contributed by atoms with Crippen LogP contribution in [0.15, 0.2) is 29.3 Å². The first-order chi connectivity index (χ1) is 12.7. The van der Waals surface area contributed by atoms with Gasteiger partial charge in [0.15, 0.2) is 5.96 Å². The van der Waals surface area contributed by atoms with Gasteiger partial charge in [-0.1, -0.05) is 32.0 Å². The van der Waals surface area contributed by atoms with Gasteiger partial charge in [0.1, 0.15) is 5.82 Å². The van der Waals surface area contributed by atoms with E-state index in [0.29, 0.717) is 12.0 Å². The number of guanidine groups is 1. The number of hydrogen-bond donors (Lipinski definition) is 1. The summed E-state index contributed by atoms with van der Waals surface area (Å²) >= 11 is 0. The Morgan fingerprint density at radius 1 is 1.26 bits per heavy atom. The van der Waals surface area contributed by atoms with Crippen LogP contribution in [0.1, 0.15) is 45.1 Å². The summed E-state index contributed by atoms with van der Waals surface area (Å²) in [5.41, 5.74) is 0.835. The summed E-state index contributed by atoms with van der Waals surface area (Å²) in [7, 11) is 0. The summed E-state index contributed by atoms with van der Waals surface area (Å²) in [5, 5.41) is 3.61. The quantitative estimate of drug-likeness (QED) is 0.359. The van der Waals surface area contributed by atoms with Crippen LogP contribution < -0.4 is 5.32 Å². The normalized spacial score (nSPS) is 24.9. The molecule has 0 aromatic heterocycles. The van der Waals surface area contributed by atoms with Crippen molar-refractivity contribution >= 4 is 29.9 Å². The summed E-state index contributed by atoms with van der Waals surface area (Å²) in [6, 6.07) is 7.46. The van der Waals surface area contributed by atoms with Crippen LogP contribution in [0.2, 0.25) is 0 Å². The minimum Gasteiger partial charge on any atom is -0.353 e. The highest BCUT2D eigenvalue weighted by molar-refractivity contribution is 14.0. The SMILES string of the molecule is CCN=C(NC1CC1c1ccccc1F)N1CCC(CN(CC)CC)C1.I. The van der Waals surface area contributed by atoms with Crippen LogP contribution in [0.3, 0.4) is 0 Å². The van der Waals surface area contributed by atoms with Crippen molar-refractivity contribution in [2.24, 2.45) is 10.9 Å². The monoisotopic (exact) mass is 488 g/mol. The Kier molecular flexibility index (Phi) is 8.79. The lowest BCUT2D eigenvalue weighted by molar-refractivity contribution is 0.255. The van der Waals surface area contributed by atoms with Crippen molar-refractivity contribution in [2.75, 3.05) is 39.3 Å². The van der Waals surface area contributed by atoms with Gasteiger partial charge in [-0.15, -0.1) is 24.0 Å². The molecule has 3 atom stereocenters. The average Bonchev–Trinajstić information content (AvgIpc) is 3.25. The van der Waals surface area contributed by atoms with Gasteiger partial charge in [0.05, 0.1) is 0 Å². The first-order valence-corrected chi connectivity index (χ1v) is 10.2. The van der Waals surface area contributed by atoms with E-state index in [1.165, 1.54) is 13.0 Å². The summed E-state index contributed by atoms with van der Waals surface area (Å²) in [4.78, 5) is 9.62. The molecular weight excluding hydrogens is 454 g/mol. The molecule has 0 radical (unpaired) electrons. The molecule has 1 aliphatic heterocycles. The summed E-state index contributed by atoms with van der Waals surface area (Å²) in [5.74, 6) is 1.90. The molecule has 1 aromatic rings. The fourth-order valence-corrected chi connectivity index (χ4v) is 4.05. The standard InChI is InChI=1S/C21H33FN4.HI/c1-4-23-21(26-12-11-16(15-26)14-25(5-2)6-3)24-20-13-18(20)17-9-7-8-10-19(17)22;/h7-10,16,18,20H,4-6,11-15H2,1-3H3,(H,23,24);1H. The molecule has 1 aliphatic carbocycles. The zero-order chi connectivity index (χ0) is 18.5. The Balaban J connectivity index is 0.00000261. The predicted molar refractivity (Wildman–Crippen MR) is 122 cm³/mol. The molecule has 6 heteroatoms. The minimum absolute atomic E-state index is 0. The molecule has 152 valence electrons. The number of hydrogen-bond acceptors (Lipinski definition) is 2. The van der Waals surface area contributed by atoms with Crippen LogP contribution in [-0.4, -0.2) is 61.1 Å². The van der Waals surface area contributed by atoms with Crippen molar-refractivity contribution in [3.05, 3.63) is 35.6 Å². The van der Waals surface area contributed by atoms with E-state index >= 15 is 0 Å². The summed E-state index contributed by atoms with van der Waals surface area (Å²) < 4.78 is 14.0. The molecule has 0 amide bonds. The topological polar surface area (TPSA) is 30.9 Å². The van der Waals surface area contributed by atoms with Gasteiger partial charge in [-0.25, -0.2) is 4.39 Å². The Labute approximate surface area is 180 Å². The molecule has 1 saturated heterocycles. The molecule has 4 nitrogen and oxygen atoms in total. The van der Waals surface area contributed by atoms with E-state index in [1.807, 2.05) is 12.1 Å². The van der Waals surface area contributed by atoms with E-state index in [9.17, 15) is 4.39 Å². The van der Waals surface area contributed by atoms with Gasteiger partial charge in [0.25, 0.3) is 0 Å². The van der Waals surface area contributed by atoms with E-state index in [1.54, 1.807) is 12.1 Å². The number of nitrogens with one attached hydrogen (secondary N) is 1. The van der Waals surface area contributed by atoms with Gasteiger partial charge in [-0.05, 0) is 50.4 Å². The molecular formula is C21H34FIN4. The van der Waals surface area contributed by atoms with Crippen LogP contribution >= 0.6 is 24.0 Å². The van der Waals surface area contributed by atoms with Gasteiger partial charge in [0, 0.05) is 38.1 Å². The summed E-state index contributed by atoms with van der Waals surface area (Å²) in [6.07, 6.45) is 2.21. The Hall–Kier alpha value is -0.890. The molecule has 0 spiro atoms. The van der Waals surface area contributed by atoms with E-state index in [-0.39, 0.29) is 35.7 Å². The highest BCUT2D eigenvalue weighted by Crippen LogP contribution is 2.42. The van der Waals surface area contributed by atoms with Crippen LogP contribution in [-0.2, 0) is 0 Å². The maximum atomic E-state index is 14.0. The first-order valence-electron chi connectivity index (χ1n) is 10.2. The lowest BCUT2D eigenvalue weighted by atomic mass is 10.1. The Bertz CT molecular complexity index is 620. The molecule has 3 rings (SSSR count). The Morgan fingerprint density at radius 3 is 2.67 bits per heavy atom. The number of nitrogens with zero attached hydrogens (tertiary/aromatic N) is 3. The van der Waals surface area contributed by atoms with Gasteiger partial charge < -0.3 is 15.1 Å². The smallest absolute Gasteiger partial charge is 0.194 e. The maximum absolute atomic E-state index is 14.0. The number of rotatable bonds is 7. The van der Waals surface area contributed by atoms with E-state index < -0.39 is 0 Å². The fourth-order valence-electron chi connectivity index (χ4n) is 4.05. The van der Waals surface area contributed by atoms with Gasteiger partial charge in [-0.2, -0.15) is 0 Å². The van der Waals surface area contributed by atoms with Crippen LogP contribution in [0.25, 0.3) is 0 Å². The van der Waals surface area contributed by atoms with E-state index in [2.05, 4.69) is 35.9 Å². The highest BCUT2D eigenvalue weighted by atomic mass is 127. The zero-order valence-corrected chi connectivity index (χ0v) is 19.2. The van der Waals surface area contributed by atoms with E-state index in [0.717, 1.165) is 50.7 Å². The molecule has 2 aliphatic rings. The molecule has 1 saturated carbocycles. The molecule has 27 heavy (non-hydrogen) atoms. The van der Waals surface area contributed by atoms with Gasteiger partial charge >= 0.3 is 0 Å². The predicted octanol–water partition coefficient (Wildman–Crippen LogP) is 3.93. The number of likely N-dealkylation sites (tertiary alicyclic amines) is 1. The second-order valence-electron chi connectivity index (χ2n) is 7.50. The van der Waals surface area contributed by atoms with Crippen molar-refractivity contribution in [1.29, 1.82) is 0 Å². The van der Waals surface area contributed by atoms with Crippen molar-refractivity contribution < 1.29 is 4.39 Å². The molecule has 2 fully saturated rings. The minimum atomic E-state index is -0.0868. The second-order valence-corrected chi connectivity index (χ2v) is 7.50. The molecule has 1 aromatic carbocycles. The third-order valence-electron chi connectivity index (χ3n) is 5.71. The van der Waals surface area contributed by atoms with Crippen molar-refractivity contribution in [3.8, 4) is 0 Å². The number of benzene rings is 1. The number of aliphatic imine (C=N–C) groups is 1. The van der Waals surface area contributed by atoms with Gasteiger partial charge in [-0.3, -0.25) is 4.99 Å². The van der Waals surface area contributed by atoms with Crippen molar-refractivity contribution in [2.45, 2.75) is 45.6 Å². The van der Waals surface area contributed by atoms with Crippen molar-refractivity contribution in [3.63, 3.8) is 0 Å². The van der Waals surface area contributed by atoms with Crippen molar-refractivity contribution in [1.82, 2.24) is 15.1 Å².